The van der Waals surface area contributed by atoms with E-state index in [1.54, 1.807) is 6.07 Å². The highest BCUT2D eigenvalue weighted by Crippen LogP contribution is 2.44. The molecule has 4 atom stereocenters. The van der Waals surface area contributed by atoms with E-state index in [0.29, 0.717) is 24.4 Å². The Kier molecular flexibility index (Phi) is 4.82. The predicted molar refractivity (Wildman–Crippen MR) is 109 cm³/mol. The molecule has 1 aliphatic carbocycles. The minimum atomic E-state index is -0.259. The molecular weight excluding hydrogens is 367 g/mol. The van der Waals surface area contributed by atoms with Crippen molar-refractivity contribution < 1.29 is 13.9 Å². The fourth-order valence-corrected chi connectivity index (χ4v) is 5.32. The minimum Gasteiger partial charge on any atom is -0.447 e. The summed E-state index contributed by atoms with van der Waals surface area (Å²) in [5.74, 6) is 1.26. The van der Waals surface area contributed by atoms with E-state index >= 15 is 0 Å². The Morgan fingerprint density at radius 3 is 2.90 bits per heavy atom. The largest absolute Gasteiger partial charge is 0.447 e. The first-order valence-electron chi connectivity index (χ1n) is 10.5. The molecule has 2 aliphatic heterocycles. The third kappa shape index (κ3) is 3.54. The lowest BCUT2D eigenvalue weighted by atomic mass is 9.67. The molecule has 3 fully saturated rings. The summed E-state index contributed by atoms with van der Waals surface area (Å²) < 4.78 is 18.8. The Balaban J connectivity index is 1.37. The first kappa shape index (κ1) is 18.3. The lowest BCUT2D eigenvalue weighted by Gasteiger charge is -2.46. The van der Waals surface area contributed by atoms with Crippen LogP contribution in [0.1, 0.15) is 31.2 Å². The van der Waals surface area contributed by atoms with Crippen LogP contribution in [0.4, 0.5) is 9.18 Å². The van der Waals surface area contributed by atoms with Crippen LogP contribution in [0.15, 0.2) is 48.7 Å². The van der Waals surface area contributed by atoms with Crippen LogP contribution in [0.2, 0.25) is 0 Å². The lowest BCUT2D eigenvalue weighted by Crippen LogP contribution is -2.52. The maximum Gasteiger partial charge on any atom is 0.410 e. The molecule has 3 unspecified atom stereocenters. The highest BCUT2D eigenvalue weighted by molar-refractivity contribution is 5.70. The predicted octanol–water partition coefficient (Wildman–Crippen LogP) is 5.16. The maximum absolute atomic E-state index is 13.5. The van der Waals surface area contributed by atoms with Crippen LogP contribution in [-0.2, 0) is 4.74 Å². The van der Waals surface area contributed by atoms with Crippen molar-refractivity contribution in [1.82, 2.24) is 9.88 Å². The molecule has 2 aromatic rings. The molecule has 5 heteroatoms. The van der Waals surface area contributed by atoms with Crippen molar-refractivity contribution >= 4 is 12.2 Å². The molecule has 0 N–H and O–H groups in total. The minimum absolute atomic E-state index is 0.151. The summed E-state index contributed by atoms with van der Waals surface area (Å²) in [5.41, 5.74) is 2.54. The average Bonchev–Trinajstić information content (AvgIpc) is 3.12. The number of rotatable bonds is 3. The third-order valence-corrected chi connectivity index (χ3v) is 6.77. The summed E-state index contributed by atoms with van der Waals surface area (Å²) in [6, 6.07) is 10.6. The first-order valence-corrected chi connectivity index (χ1v) is 10.5. The number of aromatic nitrogens is 1. The van der Waals surface area contributed by atoms with Crippen molar-refractivity contribution in [1.29, 1.82) is 0 Å². The SMILES string of the molecule is O=C1OC[C@@H]2C(C=Cc3ccc(-c4cccc(F)c4)nc3)C3CCCCC3CN12. The van der Waals surface area contributed by atoms with Crippen LogP contribution in [-0.4, -0.2) is 35.2 Å². The van der Waals surface area contributed by atoms with E-state index in [0.717, 1.165) is 23.4 Å². The Hall–Kier alpha value is -2.69. The van der Waals surface area contributed by atoms with E-state index in [2.05, 4.69) is 17.1 Å². The number of amides is 1. The Labute approximate surface area is 170 Å². The third-order valence-electron chi connectivity index (χ3n) is 6.77. The molecule has 29 heavy (non-hydrogen) atoms. The molecule has 1 saturated carbocycles. The topological polar surface area (TPSA) is 42.4 Å². The highest BCUT2D eigenvalue weighted by Gasteiger charge is 2.48. The monoisotopic (exact) mass is 392 g/mol. The van der Waals surface area contributed by atoms with Crippen molar-refractivity contribution in [3.05, 3.63) is 60.1 Å². The van der Waals surface area contributed by atoms with Gasteiger partial charge in [0.2, 0.25) is 0 Å². The summed E-state index contributed by atoms with van der Waals surface area (Å²) in [6.07, 6.45) is 11.0. The zero-order valence-corrected chi connectivity index (χ0v) is 16.3. The number of pyridine rings is 1. The number of halogens is 1. The van der Waals surface area contributed by atoms with Crippen molar-refractivity contribution in [2.45, 2.75) is 31.7 Å². The summed E-state index contributed by atoms with van der Waals surface area (Å²) in [4.78, 5) is 18.6. The molecule has 1 aromatic carbocycles. The Morgan fingerprint density at radius 2 is 2.07 bits per heavy atom. The van der Waals surface area contributed by atoms with Gasteiger partial charge in [0.05, 0.1) is 11.7 Å². The molecular formula is C24H25FN2O2. The van der Waals surface area contributed by atoms with Crippen LogP contribution < -0.4 is 0 Å². The second-order valence-electron chi connectivity index (χ2n) is 8.43. The molecule has 5 rings (SSSR count). The highest BCUT2D eigenvalue weighted by atomic mass is 19.1. The van der Waals surface area contributed by atoms with Crippen molar-refractivity contribution in [2.75, 3.05) is 13.2 Å². The molecule has 150 valence electrons. The average molecular weight is 392 g/mol. The molecule has 1 amide bonds. The summed E-state index contributed by atoms with van der Waals surface area (Å²) >= 11 is 0. The van der Waals surface area contributed by atoms with Gasteiger partial charge in [0.1, 0.15) is 12.4 Å². The van der Waals surface area contributed by atoms with Gasteiger partial charge in [0.15, 0.2) is 0 Å². The van der Waals surface area contributed by atoms with Crippen LogP contribution in [0, 0.1) is 23.6 Å². The van der Waals surface area contributed by atoms with Gasteiger partial charge in [-0.2, -0.15) is 0 Å². The van der Waals surface area contributed by atoms with Crippen molar-refractivity contribution in [2.24, 2.45) is 17.8 Å². The van der Waals surface area contributed by atoms with Crippen LogP contribution in [0.25, 0.3) is 17.3 Å². The number of carbonyl (C=O) groups is 1. The van der Waals surface area contributed by atoms with Gasteiger partial charge in [-0.05, 0) is 48.4 Å². The van der Waals surface area contributed by atoms with Crippen molar-refractivity contribution in [3.8, 4) is 11.3 Å². The molecule has 2 saturated heterocycles. The standard InChI is InChI=1S/C24H25FN2O2/c25-19-6-3-5-17(12-19)22-11-9-16(13-26-22)8-10-21-20-7-2-1-4-18(20)14-27-23(21)15-29-24(27)28/h3,5-6,8-13,18,20-21,23H,1-2,4,7,14-15H2/t18?,20?,21?,23-/m1/s1. The number of hydrogen-bond donors (Lipinski definition) is 0. The van der Waals surface area contributed by atoms with E-state index in [-0.39, 0.29) is 18.0 Å². The van der Waals surface area contributed by atoms with Crippen molar-refractivity contribution in [3.63, 3.8) is 0 Å². The van der Waals surface area contributed by atoms with Gasteiger partial charge in [-0.3, -0.25) is 4.98 Å². The first-order chi connectivity index (χ1) is 14.2. The fourth-order valence-electron chi connectivity index (χ4n) is 5.32. The van der Waals surface area contributed by atoms with Crippen LogP contribution >= 0.6 is 0 Å². The van der Waals surface area contributed by atoms with E-state index in [4.69, 9.17) is 4.74 Å². The number of ether oxygens (including phenoxy) is 1. The number of piperidine rings is 1. The second-order valence-corrected chi connectivity index (χ2v) is 8.43. The van der Waals surface area contributed by atoms with Crippen LogP contribution in [0.3, 0.4) is 0 Å². The molecule has 0 spiro atoms. The Bertz CT molecular complexity index is 927. The molecule has 0 radical (unpaired) electrons. The summed E-state index contributed by atoms with van der Waals surface area (Å²) in [6.45, 7) is 1.34. The number of nitrogens with zero attached hydrogens (tertiary/aromatic N) is 2. The number of benzene rings is 1. The quantitative estimate of drug-likeness (QED) is 0.725. The van der Waals surface area contributed by atoms with E-state index in [1.807, 2.05) is 29.3 Å². The lowest BCUT2D eigenvalue weighted by molar-refractivity contribution is 0.0472. The number of hydrogen-bond acceptors (Lipinski definition) is 3. The molecule has 1 aromatic heterocycles. The van der Waals surface area contributed by atoms with Gasteiger partial charge in [0, 0.05) is 24.2 Å². The van der Waals surface area contributed by atoms with Gasteiger partial charge >= 0.3 is 6.09 Å². The maximum atomic E-state index is 13.5. The molecule has 3 heterocycles. The molecule has 0 bridgehead atoms. The summed E-state index contributed by atoms with van der Waals surface area (Å²) in [5, 5.41) is 0. The fraction of sp³-hybridized carbons (Fsp3) is 0.417. The van der Waals surface area contributed by atoms with Gasteiger partial charge in [-0.25, -0.2) is 9.18 Å². The zero-order valence-electron chi connectivity index (χ0n) is 16.3. The molecule has 4 nitrogen and oxygen atoms in total. The molecule has 3 aliphatic rings. The Morgan fingerprint density at radius 1 is 1.17 bits per heavy atom. The van der Waals surface area contributed by atoms with E-state index in [1.165, 1.54) is 37.8 Å². The number of fused-ring (bicyclic) bond motifs is 2. The van der Waals surface area contributed by atoms with E-state index < -0.39 is 0 Å². The second kappa shape index (κ2) is 7.62. The van der Waals surface area contributed by atoms with Gasteiger partial charge in [-0.1, -0.05) is 43.2 Å². The van der Waals surface area contributed by atoms with Gasteiger partial charge < -0.3 is 9.64 Å². The number of carbonyl (C=O) groups excluding carboxylic acids is 1. The zero-order chi connectivity index (χ0) is 19.8. The van der Waals surface area contributed by atoms with Gasteiger partial charge in [0.25, 0.3) is 0 Å². The van der Waals surface area contributed by atoms with E-state index in [9.17, 15) is 9.18 Å². The summed E-state index contributed by atoms with van der Waals surface area (Å²) in [7, 11) is 0. The normalized spacial score (nSPS) is 28.9. The smallest absolute Gasteiger partial charge is 0.410 e. The number of cyclic esters (lactones) is 1. The van der Waals surface area contributed by atoms with Crippen LogP contribution in [0.5, 0.6) is 0 Å². The van der Waals surface area contributed by atoms with Gasteiger partial charge in [-0.15, -0.1) is 0 Å².